The zero-order chi connectivity index (χ0) is 12.0. The van der Waals surface area contributed by atoms with Crippen LogP contribution in [0.5, 0.6) is 0 Å². The third kappa shape index (κ3) is 5.37. The van der Waals surface area contributed by atoms with E-state index in [1.54, 1.807) is 0 Å². The van der Waals surface area contributed by atoms with Gasteiger partial charge in [-0.2, -0.15) is 0 Å². The molecule has 6 heteroatoms. The maximum atomic E-state index is 10.9. The van der Waals surface area contributed by atoms with Crippen LogP contribution in [0.4, 0.5) is 0 Å². The summed E-state index contributed by atoms with van der Waals surface area (Å²) in [6.07, 6.45) is 5.42. The van der Waals surface area contributed by atoms with Crippen molar-refractivity contribution >= 4 is 22.9 Å². The van der Waals surface area contributed by atoms with Gasteiger partial charge in [0.2, 0.25) is 0 Å². The zero-order valence-corrected chi connectivity index (χ0v) is 10.3. The predicted molar refractivity (Wildman–Crippen MR) is 66.8 cm³/mol. The number of aliphatic imine (C=N–C) groups is 1. The molecule has 0 aromatic rings. The van der Waals surface area contributed by atoms with Gasteiger partial charge in [-0.25, -0.2) is 0 Å². The summed E-state index contributed by atoms with van der Waals surface area (Å²) in [7, 11) is 0. The van der Waals surface area contributed by atoms with Crippen molar-refractivity contribution in [2.45, 2.75) is 37.8 Å². The van der Waals surface area contributed by atoms with Gasteiger partial charge in [-0.05, 0) is 31.9 Å². The summed E-state index contributed by atoms with van der Waals surface area (Å²) in [5, 5.41) is 12.6. The number of hydrogen-bond acceptors (Lipinski definition) is 4. The van der Waals surface area contributed by atoms with Crippen LogP contribution in [0.25, 0.3) is 0 Å². The first-order chi connectivity index (χ1) is 7.63. The minimum absolute atomic E-state index is 0.417. The molecule has 1 saturated carbocycles. The summed E-state index contributed by atoms with van der Waals surface area (Å²) in [5.41, 5.74) is 5.52. The third-order valence-corrected chi connectivity index (χ3v) is 2.99. The largest absolute Gasteiger partial charge is 0.480 e. The quantitative estimate of drug-likeness (QED) is 0.348. The fourth-order valence-electron chi connectivity index (χ4n) is 1.36. The van der Waals surface area contributed by atoms with E-state index in [2.05, 4.69) is 10.3 Å². The molecule has 0 radical (unpaired) electrons. The van der Waals surface area contributed by atoms with E-state index < -0.39 is 12.0 Å². The number of thioether (sulfide) groups is 1. The molecule has 0 saturated heterocycles. The summed E-state index contributed by atoms with van der Waals surface area (Å²) in [5.74, 6) is -0.770. The van der Waals surface area contributed by atoms with E-state index in [0.29, 0.717) is 24.2 Å². The summed E-state index contributed by atoms with van der Waals surface area (Å²) < 4.78 is 0. The van der Waals surface area contributed by atoms with Crippen LogP contribution in [0.2, 0.25) is 0 Å². The number of nitrogens with two attached hydrogens (primary N) is 1. The topological polar surface area (TPSA) is 87.7 Å². The molecule has 1 rings (SSSR count). The van der Waals surface area contributed by atoms with Crippen molar-refractivity contribution < 1.29 is 9.90 Å². The number of carboxylic acid groups (broad SMARTS) is 1. The highest BCUT2D eigenvalue weighted by molar-refractivity contribution is 8.13. The average Bonchev–Trinajstić information content (AvgIpc) is 3.05. The molecule has 0 unspecified atom stereocenters. The summed E-state index contributed by atoms with van der Waals surface area (Å²) in [6.45, 7) is 0.600. The number of amidine groups is 1. The molecule has 5 nitrogen and oxygen atoms in total. The number of aliphatic carboxylic acids is 1. The number of nitrogens with one attached hydrogen (secondary N) is 1. The summed E-state index contributed by atoms with van der Waals surface area (Å²) >= 11 is 1.41. The van der Waals surface area contributed by atoms with Crippen LogP contribution in [0.1, 0.15) is 25.7 Å². The first-order valence-corrected chi connectivity index (χ1v) is 6.68. The molecule has 1 aliphatic rings. The second-order valence-electron chi connectivity index (χ2n) is 3.90. The molecule has 92 valence electrons. The highest BCUT2D eigenvalue weighted by Gasteiger charge is 2.27. The fraction of sp³-hybridized carbons (Fsp3) is 0.800. The van der Waals surface area contributed by atoms with Gasteiger partial charge in [0.05, 0.1) is 0 Å². The molecule has 1 fully saturated rings. The first-order valence-electron chi connectivity index (χ1n) is 5.46. The van der Waals surface area contributed by atoms with Crippen LogP contribution in [-0.2, 0) is 4.79 Å². The van der Waals surface area contributed by atoms with Crippen molar-refractivity contribution in [3.8, 4) is 0 Å². The molecule has 0 spiro atoms. The molecule has 0 amide bonds. The minimum atomic E-state index is -0.770. The van der Waals surface area contributed by atoms with E-state index in [1.807, 2.05) is 6.26 Å². The Morgan fingerprint density at radius 2 is 2.38 bits per heavy atom. The molecule has 0 aromatic carbocycles. The van der Waals surface area contributed by atoms with Crippen molar-refractivity contribution in [3.05, 3.63) is 0 Å². The lowest BCUT2D eigenvalue weighted by molar-refractivity contribution is -0.139. The van der Waals surface area contributed by atoms with Crippen LogP contribution >= 0.6 is 11.8 Å². The van der Waals surface area contributed by atoms with E-state index in [0.717, 1.165) is 19.3 Å². The second-order valence-corrected chi connectivity index (χ2v) is 4.72. The van der Waals surface area contributed by atoms with Crippen molar-refractivity contribution in [2.24, 2.45) is 10.7 Å². The van der Waals surface area contributed by atoms with Crippen molar-refractivity contribution in [1.29, 1.82) is 0 Å². The normalized spacial score (nSPS) is 18.4. The van der Waals surface area contributed by atoms with E-state index >= 15 is 0 Å². The molecule has 16 heavy (non-hydrogen) atoms. The van der Waals surface area contributed by atoms with Crippen LogP contribution in [-0.4, -0.2) is 41.1 Å². The highest BCUT2D eigenvalue weighted by atomic mass is 32.2. The molecule has 0 aromatic heterocycles. The smallest absolute Gasteiger partial charge is 0.320 e. The van der Waals surface area contributed by atoms with Gasteiger partial charge in [0.25, 0.3) is 0 Å². The lowest BCUT2D eigenvalue weighted by Crippen LogP contribution is -2.38. The molecule has 0 heterocycles. The van der Waals surface area contributed by atoms with Crippen molar-refractivity contribution in [2.75, 3.05) is 12.8 Å². The number of carbonyl (C=O) groups is 1. The lowest BCUT2D eigenvalue weighted by Gasteiger charge is -2.12. The zero-order valence-electron chi connectivity index (χ0n) is 9.48. The Kier molecular flexibility index (Phi) is 5.62. The molecule has 1 atom stereocenters. The van der Waals surface area contributed by atoms with Crippen molar-refractivity contribution in [3.63, 3.8) is 0 Å². The van der Waals surface area contributed by atoms with E-state index in [4.69, 9.17) is 10.8 Å². The Labute approximate surface area is 99.9 Å². The number of rotatable bonds is 7. The van der Waals surface area contributed by atoms with Gasteiger partial charge in [-0.3, -0.25) is 9.79 Å². The van der Waals surface area contributed by atoms with Gasteiger partial charge in [0.1, 0.15) is 6.04 Å². The second kappa shape index (κ2) is 6.75. The standard InChI is InChI=1S/C10H19N3O2S/c1-16-10(11)12-6-2-3-8(9(14)15)13-7-4-5-7/h7-8,13H,2-6H2,1H3,(H2,11,12)(H,14,15)/t8-/m0/s1. The van der Waals surface area contributed by atoms with Crippen LogP contribution < -0.4 is 11.1 Å². The first kappa shape index (κ1) is 13.3. The van der Waals surface area contributed by atoms with E-state index in [-0.39, 0.29) is 0 Å². The Morgan fingerprint density at radius 1 is 1.69 bits per heavy atom. The Balaban J connectivity index is 2.18. The van der Waals surface area contributed by atoms with Gasteiger partial charge < -0.3 is 16.2 Å². The molecule has 0 aliphatic heterocycles. The fourth-order valence-corrected chi connectivity index (χ4v) is 1.58. The summed E-state index contributed by atoms with van der Waals surface area (Å²) in [6, 6.07) is -0.0147. The SMILES string of the molecule is CSC(N)=NCCC[C@H](NC1CC1)C(=O)O. The molecular weight excluding hydrogens is 226 g/mol. The minimum Gasteiger partial charge on any atom is -0.480 e. The predicted octanol–water partition coefficient (Wildman–Crippen LogP) is 0.649. The molecule has 1 aliphatic carbocycles. The van der Waals surface area contributed by atoms with Crippen LogP contribution in [0.15, 0.2) is 4.99 Å². The number of hydrogen-bond donors (Lipinski definition) is 3. The van der Waals surface area contributed by atoms with Gasteiger partial charge in [-0.15, -0.1) is 0 Å². The monoisotopic (exact) mass is 245 g/mol. The highest BCUT2D eigenvalue weighted by Crippen LogP contribution is 2.20. The van der Waals surface area contributed by atoms with Crippen LogP contribution in [0.3, 0.4) is 0 Å². The number of nitrogens with zero attached hydrogens (tertiary/aromatic N) is 1. The van der Waals surface area contributed by atoms with Gasteiger partial charge in [-0.1, -0.05) is 11.8 Å². The Morgan fingerprint density at radius 3 is 2.88 bits per heavy atom. The maximum absolute atomic E-state index is 10.9. The van der Waals surface area contributed by atoms with Gasteiger partial charge >= 0.3 is 5.97 Å². The van der Waals surface area contributed by atoms with Gasteiger partial charge in [0, 0.05) is 12.6 Å². The Bertz CT molecular complexity index is 267. The Hall–Kier alpha value is -0.750. The third-order valence-electron chi connectivity index (χ3n) is 2.44. The number of carboxylic acids is 1. The summed E-state index contributed by atoms with van der Waals surface area (Å²) in [4.78, 5) is 15.0. The molecular formula is C10H19N3O2S. The van der Waals surface area contributed by atoms with E-state index in [1.165, 1.54) is 11.8 Å². The lowest BCUT2D eigenvalue weighted by atomic mass is 10.1. The van der Waals surface area contributed by atoms with Crippen molar-refractivity contribution in [1.82, 2.24) is 5.32 Å². The molecule has 4 N–H and O–H groups in total. The van der Waals surface area contributed by atoms with E-state index in [9.17, 15) is 4.79 Å². The maximum Gasteiger partial charge on any atom is 0.320 e. The van der Waals surface area contributed by atoms with Gasteiger partial charge in [0.15, 0.2) is 5.17 Å². The van der Waals surface area contributed by atoms with Crippen LogP contribution in [0, 0.1) is 0 Å². The molecule has 0 bridgehead atoms. The average molecular weight is 245 g/mol.